The second-order valence-corrected chi connectivity index (χ2v) is 9.83. The molecule has 2 fully saturated rings. The number of carbonyl (C=O) groups is 1. The fourth-order valence-electron chi connectivity index (χ4n) is 5.73. The van der Waals surface area contributed by atoms with Crippen LogP contribution in [0.15, 0.2) is 36.4 Å². The predicted molar refractivity (Wildman–Crippen MR) is 122 cm³/mol. The summed E-state index contributed by atoms with van der Waals surface area (Å²) in [6.45, 7) is 0.134. The van der Waals surface area contributed by atoms with Crippen molar-refractivity contribution in [1.29, 1.82) is 0 Å². The summed E-state index contributed by atoms with van der Waals surface area (Å²) in [4.78, 5) is 27.8. The van der Waals surface area contributed by atoms with Gasteiger partial charge in [0.1, 0.15) is 11.4 Å². The van der Waals surface area contributed by atoms with Gasteiger partial charge in [0.25, 0.3) is 5.91 Å². The normalized spacial score (nSPS) is 28.8. The van der Waals surface area contributed by atoms with Crippen LogP contribution < -0.4 is 5.32 Å². The number of likely N-dealkylation sites (tertiary alicyclic amines) is 1. The Kier molecular flexibility index (Phi) is 5.60. The minimum absolute atomic E-state index is 0.0170. The summed E-state index contributed by atoms with van der Waals surface area (Å²) in [6.07, 6.45) is 1.98. The molecular weight excluding hydrogens is 472 g/mol. The van der Waals surface area contributed by atoms with Crippen LogP contribution in [0.3, 0.4) is 0 Å². The summed E-state index contributed by atoms with van der Waals surface area (Å²) in [5.41, 5.74) is -0.545. The van der Waals surface area contributed by atoms with E-state index in [4.69, 9.17) is 23.2 Å². The van der Waals surface area contributed by atoms with Crippen LogP contribution in [-0.2, 0) is 10.3 Å². The van der Waals surface area contributed by atoms with Crippen LogP contribution in [0.4, 0.5) is 10.1 Å². The van der Waals surface area contributed by atoms with Crippen LogP contribution in [0, 0.1) is 21.8 Å². The molecule has 0 bridgehead atoms. The molecule has 5 rings (SSSR count). The minimum Gasteiger partial charge on any atom is -0.396 e. The molecule has 1 saturated carbocycles. The van der Waals surface area contributed by atoms with Gasteiger partial charge in [-0.25, -0.2) is 4.39 Å². The largest absolute Gasteiger partial charge is 0.396 e. The van der Waals surface area contributed by atoms with Gasteiger partial charge >= 0.3 is 0 Å². The number of halogens is 3. The van der Waals surface area contributed by atoms with Gasteiger partial charge in [0, 0.05) is 39.9 Å². The Bertz CT molecular complexity index is 1140. The van der Waals surface area contributed by atoms with E-state index in [0.29, 0.717) is 22.8 Å². The van der Waals surface area contributed by atoms with Crippen LogP contribution in [0.1, 0.15) is 36.3 Å². The molecule has 7 nitrogen and oxygen atoms in total. The second kappa shape index (κ2) is 8.20. The van der Waals surface area contributed by atoms with E-state index in [9.17, 15) is 20.0 Å². The summed E-state index contributed by atoms with van der Waals surface area (Å²) < 4.78 is 15.4. The zero-order valence-corrected chi connectivity index (χ0v) is 19.0. The van der Waals surface area contributed by atoms with Crippen LogP contribution in [0.25, 0.3) is 0 Å². The minimum atomic E-state index is -1.54. The van der Waals surface area contributed by atoms with E-state index in [2.05, 4.69) is 5.32 Å². The average molecular weight is 494 g/mol. The van der Waals surface area contributed by atoms with Crippen LogP contribution in [0.5, 0.6) is 0 Å². The molecule has 0 radical (unpaired) electrons. The molecular formula is C23H22Cl2FN3O4. The molecule has 0 unspecified atom stereocenters. The Morgan fingerprint density at radius 2 is 2.03 bits per heavy atom. The second-order valence-electron chi connectivity index (χ2n) is 8.98. The molecule has 33 heavy (non-hydrogen) atoms. The first-order chi connectivity index (χ1) is 15.8. The number of rotatable bonds is 6. The molecule has 3 aliphatic rings. The van der Waals surface area contributed by atoms with Crippen molar-refractivity contribution in [2.45, 2.75) is 42.8 Å². The van der Waals surface area contributed by atoms with Gasteiger partial charge in [-0.1, -0.05) is 41.4 Å². The number of hydrogen-bond acceptors (Lipinski definition) is 5. The highest BCUT2D eigenvalue weighted by Gasteiger charge is 2.71. The average Bonchev–Trinajstić information content (AvgIpc) is 3.48. The summed E-state index contributed by atoms with van der Waals surface area (Å²) in [5.74, 6) is -2.12. The maximum Gasteiger partial charge on any atom is 0.250 e. The lowest BCUT2D eigenvalue weighted by Crippen LogP contribution is -2.52. The molecule has 4 atom stereocenters. The Balaban J connectivity index is 1.83. The third kappa shape index (κ3) is 3.34. The molecule has 10 heteroatoms. The number of nitro groups is 1. The summed E-state index contributed by atoms with van der Waals surface area (Å²) in [7, 11) is 0. The molecule has 2 heterocycles. The zero-order chi connectivity index (χ0) is 23.5. The lowest BCUT2D eigenvalue weighted by atomic mass is 9.73. The van der Waals surface area contributed by atoms with Crippen molar-refractivity contribution < 1.29 is 19.2 Å². The first-order valence-corrected chi connectivity index (χ1v) is 11.6. The molecule has 2 aliphatic heterocycles. The fourth-order valence-corrected chi connectivity index (χ4v) is 6.08. The van der Waals surface area contributed by atoms with Gasteiger partial charge in [-0.15, -0.1) is 0 Å². The number of nitrogens with zero attached hydrogens (tertiary/aromatic N) is 2. The SMILES string of the molecule is O=C1Nc2cc(Cl)ccc2[C@@]12[C@@H](c1cccc(Cl)c1F)[C@H]([N+](=O)[O-])[C@H](CCO)N2CC1CC1. The molecule has 1 amide bonds. The highest BCUT2D eigenvalue weighted by Crippen LogP contribution is 2.59. The number of amides is 1. The van der Waals surface area contributed by atoms with Gasteiger partial charge in [-0.3, -0.25) is 19.8 Å². The van der Waals surface area contributed by atoms with Gasteiger partial charge in [0.2, 0.25) is 6.04 Å². The third-order valence-corrected chi connectivity index (χ3v) is 7.69. The van der Waals surface area contributed by atoms with Gasteiger partial charge in [0.05, 0.1) is 17.0 Å². The third-order valence-electron chi connectivity index (χ3n) is 7.16. The van der Waals surface area contributed by atoms with Crippen molar-refractivity contribution in [3.63, 3.8) is 0 Å². The molecule has 2 aromatic carbocycles. The molecule has 0 aromatic heterocycles. The molecule has 1 saturated heterocycles. The number of carbonyl (C=O) groups excluding carboxylic acids is 1. The molecule has 1 spiro atoms. The van der Waals surface area contributed by atoms with E-state index in [1.54, 1.807) is 18.2 Å². The van der Waals surface area contributed by atoms with E-state index >= 15 is 4.39 Å². The number of fused-ring (bicyclic) bond motifs is 2. The van der Waals surface area contributed by atoms with Crippen molar-refractivity contribution in [2.75, 3.05) is 18.5 Å². The Hall–Kier alpha value is -2.26. The van der Waals surface area contributed by atoms with Crippen molar-refractivity contribution in [3.8, 4) is 0 Å². The summed E-state index contributed by atoms with van der Waals surface area (Å²) >= 11 is 12.3. The van der Waals surface area contributed by atoms with Crippen molar-refractivity contribution in [1.82, 2.24) is 4.90 Å². The summed E-state index contributed by atoms with van der Waals surface area (Å²) in [6, 6.07) is 7.17. The number of benzene rings is 2. The monoisotopic (exact) mass is 493 g/mol. The number of nitrogens with one attached hydrogen (secondary N) is 1. The van der Waals surface area contributed by atoms with Gasteiger partial charge in [-0.2, -0.15) is 0 Å². The maximum atomic E-state index is 15.4. The Morgan fingerprint density at radius 3 is 2.70 bits per heavy atom. The lowest BCUT2D eigenvalue weighted by Gasteiger charge is -2.38. The number of hydrogen-bond donors (Lipinski definition) is 2. The quantitative estimate of drug-likeness (QED) is 0.464. The lowest BCUT2D eigenvalue weighted by molar-refractivity contribution is -0.528. The van der Waals surface area contributed by atoms with E-state index in [-0.39, 0.29) is 29.5 Å². The van der Waals surface area contributed by atoms with E-state index < -0.39 is 40.2 Å². The van der Waals surface area contributed by atoms with E-state index in [1.165, 1.54) is 18.2 Å². The fraction of sp³-hybridized carbons (Fsp3) is 0.435. The standard InChI is InChI=1S/C23H22Cl2FN3O4/c24-13-6-7-15-17(10-13)27-22(31)23(15)19(14-2-1-3-16(25)20(14)26)21(29(32)33)18(8-9-30)28(23)11-12-4-5-12/h1-3,6-7,10,12,18-19,21,30H,4-5,8-9,11H2,(H,27,31)/t18-,19-,21+,23+/m0/s1. The van der Waals surface area contributed by atoms with Gasteiger partial charge in [0.15, 0.2) is 0 Å². The number of aliphatic hydroxyl groups excluding tert-OH is 1. The van der Waals surface area contributed by atoms with Crippen molar-refractivity contribution in [2.24, 2.45) is 5.92 Å². The molecule has 2 aromatic rings. The molecule has 2 N–H and O–H groups in total. The predicted octanol–water partition coefficient (Wildman–Crippen LogP) is 4.19. The number of aliphatic hydroxyl groups is 1. The Morgan fingerprint density at radius 1 is 1.27 bits per heavy atom. The highest BCUT2D eigenvalue weighted by atomic mass is 35.5. The van der Waals surface area contributed by atoms with Gasteiger partial charge in [-0.05, 0) is 43.4 Å². The Labute approximate surface area is 199 Å². The van der Waals surface area contributed by atoms with E-state index in [0.717, 1.165) is 12.8 Å². The van der Waals surface area contributed by atoms with Crippen LogP contribution in [-0.4, -0.2) is 46.1 Å². The van der Waals surface area contributed by atoms with Crippen molar-refractivity contribution >= 4 is 34.8 Å². The van der Waals surface area contributed by atoms with Gasteiger partial charge < -0.3 is 10.4 Å². The molecule has 1 aliphatic carbocycles. The highest BCUT2D eigenvalue weighted by molar-refractivity contribution is 6.31. The maximum absolute atomic E-state index is 15.4. The first-order valence-electron chi connectivity index (χ1n) is 10.9. The van der Waals surface area contributed by atoms with E-state index in [1.807, 2.05) is 4.90 Å². The topological polar surface area (TPSA) is 95.7 Å². The summed E-state index contributed by atoms with van der Waals surface area (Å²) in [5, 5.41) is 25.4. The zero-order valence-electron chi connectivity index (χ0n) is 17.5. The van der Waals surface area contributed by atoms with Crippen molar-refractivity contribution in [3.05, 3.63) is 73.5 Å². The number of anilines is 1. The molecule has 174 valence electrons. The first kappa shape index (κ1) is 22.5. The van der Waals surface area contributed by atoms with Crippen LogP contribution in [0.2, 0.25) is 10.0 Å². The van der Waals surface area contributed by atoms with Crippen LogP contribution >= 0.6 is 23.2 Å². The smallest absolute Gasteiger partial charge is 0.250 e.